The van der Waals surface area contributed by atoms with E-state index in [1.807, 2.05) is 13.8 Å². The molecule has 0 aromatic rings. The standard InChI is InChI=1S/C11H23N3O2/c1-5-14(8-11(16)13(3)4)10(15)7-6-9(2)12/h9H,5-8,12H2,1-4H3. The summed E-state index contributed by atoms with van der Waals surface area (Å²) in [6.45, 7) is 4.44. The summed E-state index contributed by atoms with van der Waals surface area (Å²) in [4.78, 5) is 26.2. The van der Waals surface area contributed by atoms with Crippen LogP contribution in [0.25, 0.3) is 0 Å². The summed E-state index contributed by atoms with van der Waals surface area (Å²) in [7, 11) is 3.37. The van der Waals surface area contributed by atoms with Gasteiger partial charge in [-0.25, -0.2) is 0 Å². The number of nitrogens with zero attached hydrogens (tertiary/aromatic N) is 2. The van der Waals surface area contributed by atoms with Crippen LogP contribution in [-0.4, -0.2) is 54.8 Å². The number of likely N-dealkylation sites (N-methyl/N-ethyl adjacent to an activating group) is 2. The number of nitrogens with two attached hydrogens (primary N) is 1. The van der Waals surface area contributed by atoms with Gasteiger partial charge in [-0.3, -0.25) is 9.59 Å². The first-order valence-corrected chi connectivity index (χ1v) is 5.62. The van der Waals surface area contributed by atoms with E-state index in [1.165, 1.54) is 4.90 Å². The molecule has 0 saturated heterocycles. The molecule has 0 spiro atoms. The summed E-state index contributed by atoms with van der Waals surface area (Å²) in [6, 6.07) is 0.0206. The van der Waals surface area contributed by atoms with Gasteiger partial charge in [0, 0.05) is 33.1 Å². The quantitative estimate of drug-likeness (QED) is 0.700. The fraction of sp³-hybridized carbons (Fsp3) is 0.818. The fourth-order valence-electron chi connectivity index (χ4n) is 1.19. The number of amides is 2. The lowest BCUT2D eigenvalue weighted by atomic mass is 10.2. The summed E-state index contributed by atoms with van der Waals surface area (Å²) in [5, 5.41) is 0. The largest absolute Gasteiger partial charge is 0.347 e. The van der Waals surface area contributed by atoms with Crippen molar-refractivity contribution in [2.75, 3.05) is 27.2 Å². The van der Waals surface area contributed by atoms with Crippen LogP contribution in [-0.2, 0) is 9.59 Å². The Bertz CT molecular complexity index is 239. The van der Waals surface area contributed by atoms with Crippen molar-refractivity contribution in [2.24, 2.45) is 5.73 Å². The van der Waals surface area contributed by atoms with Crippen LogP contribution in [0.1, 0.15) is 26.7 Å². The summed E-state index contributed by atoms with van der Waals surface area (Å²) < 4.78 is 0. The summed E-state index contributed by atoms with van der Waals surface area (Å²) in [6.07, 6.45) is 1.07. The molecule has 2 N–H and O–H groups in total. The molecule has 2 amide bonds. The molecule has 1 atom stereocenters. The second-order valence-electron chi connectivity index (χ2n) is 4.21. The highest BCUT2D eigenvalue weighted by atomic mass is 16.2. The van der Waals surface area contributed by atoms with Gasteiger partial charge in [-0.2, -0.15) is 0 Å². The predicted molar refractivity (Wildman–Crippen MR) is 63.8 cm³/mol. The molecule has 0 aliphatic heterocycles. The zero-order chi connectivity index (χ0) is 12.7. The zero-order valence-electron chi connectivity index (χ0n) is 10.7. The molecule has 94 valence electrons. The van der Waals surface area contributed by atoms with Crippen LogP contribution >= 0.6 is 0 Å². The molecular formula is C11H23N3O2. The molecule has 16 heavy (non-hydrogen) atoms. The number of hydrogen-bond acceptors (Lipinski definition) is 3. The Morgan fingerprint density at radius 3 is 2.19 bits per heavy atom. The smallest absolute Gasteiger partial charge is 0.241 e. The maximum absolute atomic E-state index is 11.7. The first-order valence-electron chi connectivity index (χ1n) is 5.62. The average molecular weight is 229 g/mol. The number of rotatable bonds is 6. The minimum atomic E-state index is -0.0593. The first-order chi connectivity index (χ1) is 7.38. The molecule has 5 heteroatoms. The van der Waals surface area contributed by atoms with E-state index in [0.29, 0.717) is 19.4 Å². The Labute approximate surface area is 97.6 Å². The summed E-state index contributed by atoms with van der Waals surface area (Å²) in [5.41, 5.74) is 5.59. The van der Waals surface area contributed by atoms with Gasteiger partial charge in [0.25, 0.3) is 0 Å². The van der Waals surface area contributed by atoms with E-state index in [0.717, 1.165) is 0 Å². The van der Waals surface area contributed by atoms with E-state index >= 15 is 0 Å². The highest BCUT2D eigenvalue weighted by Gasteiger charge is 2.16. The van der Waals surface area contributed by atoms with E-state index in [4.69, 9.17) is 5.73 Å². The molecule has 0 radical (unpaired) electrons. The predicted octanol–water partition coefficient (Wildman–Crippen LogP) is 0.0505. The van der Waals surface area contributed by atoms with Gasteiger partial charge in [-0.1, -0.05) is 0 Å². The van der Waals surface area contributed by atoms with Crippen LogP contribution < -0.4 is 5.73 Å². The van der Waals surface area contributed by atoms with E-state index in [2.05, 4.69) is 0 Å². The van der Waals surface area contributed by atoms with Gasteiger partial charge in [-0.15, -0.1) is 0 Å². The van der Waals surface area contributed by atoms with E-state index in [9.17, 15) is 9.59 Å². The Morgan fingerprint density at radius 1 is 1.25 bits per heavy atom. The van der Waals surface area contributed by atoms with Crippen molar-refractivity contribution >= 4 is 11.8 Å². The van der Waals surface area contributed by atoms with Crippen molar-refractivity contribution in [3.8, 4) is 0 Å². The van der Waals surface area contributed by atoms with Gasteiger partial charge in [0.1, 0.15) is 0 Å². The summed E-state index contributed by atoms with van der Waals surface area (Å²) in [5.74, 6) is -0.0639. The third kappa shape index (κ3) is 5.70. The SMILES string of the molecule is CCN(CC(=O)N(C)C)C(=O)CCC(C)N. The van der Waals surface area contributed by atoms with Crippen molar-refractivity contribution in [1.29, 1.82) is 0 Å². The Hall–Kier alpha value is -1.10. The molecule has 0 aliphatic rings. The van der Waals surface area contributed by atoms with Crippen molar-refractivity contribution in [1.82, 2.24) is 9.80 Å². The van der Waals surface area contributed by atoms with Gasteiger partial charge in [0.15, 0.2) is 0 Å². The summed E-state index contributed by atoms with van der Waals surface area (Å²) >= 11 is 0. The molecule has 0 bridgehead atoms. The maximum atomic E-state index is 11.7. The Morgan fingerprint density at radius 2 is 1.81 bits per heavy atom. The van der Waals surface area contributed by atoms with E-state index in [-0.39, 0.29) is 24.4 Å². The molecule has 0 fully saturated rings. The number of carbonyl (C=O) groups is 2. The molecular weight excluding hydrogens is 206 g/mol. The molecule has 0 aromatic carbocycles. The minimum Gasteiger partial charge on any atom is -0.347 e. The molecule has 0 saturated carbocycles. The maximum Gasteiger partial charge on any atom is 0.241 e. The Kier molecular flexibility index (Phi) is 6.72. The highest BCUT2D eigenvalue weighted by molar-refractivity contribution is 5.84. The van der Waals surface area contributed by atoms with Crippen molar-refractivity contribution in [2.45, 2.75) is 32.7 Å². The van der Waals surface area contributed by atoms with Crippen LogP contribution in [0.4, 0.5) is 0 Å². The lowest BCUT2D eigenvalue weighted by molar-refractivity contribution is -0.139. The van der Waals surface area contributed by atoms with E-state index < -0.39 is 0 Å². The molecule has 0 aliphatic carbocycles. The molecule has 1 unspecified atom stereocenters. The number of hydrogen-bond donors (Lipinski definition) is 1. The molecule has 0 aromatic heterocycles. The van der Waals surface area contributed by atoms with Gasteiger partial charge in [-0.05, 0) is 20.3 Å². The molecule has 5 nitrogen and oxygen atoms in total. The van der Waals surface area contributed by atoms with Crippen LogP contribution in [0.5, 0.6) is 0 Å². The minimum absolute atomic E-state index is 0.00463. The highest BCUT2D eigenvalue weighted by Crippen LogP contribution is 2.00. The van der Waals surface area contributed by atoms with Gasteiger partial charge in [0.05, 0.1) is 6.54 Å². The second-order valence-corrected chi connectivity index (χ2v) is 4.21. The lowest BCUT2D eigenvalue weighted by Crippen LogP contribution is -2.40. The zero-order valence-corrected chi connectivity index (χ0v) is 10.7. The average Bonchev–Trinajstić information content (AvgIpc) is 2.21. The third-order valence-electron chi connectivity index (χ3n) is 2.37. The first kappa shape index (κ1) is 14.9. The lowest BCUT2D eigenvalue weighted by Gasteiger charge is -2.22. The molecule has 0 rings (SSSR count). The van der Waals surface area contributed by atoms with Gasteiger partial charge >= 0.3 is 0 Å². The monoisotopic (exact) mass is 229 g/mol. The van der Waals surface area contributed by atoms with Crippen molar-refractivity contribution in [3.63, 3.8) is 0 Å². The van der Waals surface area contributed by atoms with Gasteiger partial charge < -0.3 is 15.5 Å². The van der Waals surface area contributed by atoms with Gasteiger partial charge in [0.2, 0.25) is 11.8 Å². The second kappa shape index (κ2) is 7.22. The number of carbonyl (C=O) groups excluding carboxylic acids is 2. The van der Waals surface area contributed by atoms with Crippen LogP contribution in [0.15, 0.2) is 0 Å². The van der Waals surface area contributed by atoms with Crippen molar-refractivity contribution in [3.05, 3.63) is 0 Å². The van der Waals surface area contributed by atoms with Crippen LogP contribution in [0.3, 0.4) is 0 Å². The fourth-order valence-corrected chi connectivity index (χ4v) is 1.19. The Balaban J connectivity index is 4.17. The van der Waals surface area contributed by atoms with Crippen molar-refractivity contribution < 1.29 is 9.59 Å². The topological polar surface area (TPSA) is 66.6 Å². The van der Waals surface area contributed by atoms with E-state index in [1.54, 1.807) is 19.0 Å². The third-order valence-corrected chi connectivity index (χ3v) is 2.37. The van der Waals surface area contributed by atoms with Crippen LogP contribution in [0, 0.1) is 0 Å². The normalized spacial score (nSPS) is 12.1. The van der Waals surface area contributed by atoms with Crippen LogP contribution in [0.2, 0.25) is 0 Å². The molecule has 0 heterocycles.